The normalized spacial score (nSPS) is 17.3. The van der Waals surface area contributed by atoms with Gasteiger partial charge in [0.05, 0.1) is 13.2 Å². The molecule has 23 heteroatoms. The van der Waals surface area contributed by atoms with Crippen LogP contribution in [0.3, 0.4) is 0 Å². The molecule has 6 amide bonds. The lowest BCUT2D eigenvalue weighted by molar-refractivity contribution is -0.138. The zero-order valence-corrected chi connectivity index (χ0v) is 77.4. The number of likely N-dealkylation sites (tertiary alicyclic amines) is 6. The van der Waals surface area contributed by atoms with Crippen LogP contribution in [0.1, 0.15) is 161 Å². The average Bonchev–Trinajstić information content (AvgIpc) is 1.65. The van der Waals surface area contributed by atoms with Crippen molar-refractivity contribution in [3.8, 4) is 0 Å². The molecule has 12 aromatic rings. The average molecular weight is 1810 g/mol. The number of aromatic nitrogens is 4. The van der Waals surface area contributed by atoms with E-state index < -0.39 is 0 Å². The Morgan fingerprint density at radius 1 is 0.354 bits per heavy atom. The van der Waals surface area contributed by atoms with Crippen molar-refractivity contribution in [1.29, 1.82) is 0 Å². The minimum atomic E-state index is -0.249. The number of fused-ring (bicyclic) bond motifs is 4. The first-order valence-electron chi connectivity index (χ1n) is 46.6. The van der Waals surface area contributed by atoms with Gasteiger partial charge in [-0.25, -0.2) is 4.39 Å². The van der Waals surface area contributed by atoms with E-state index in [1.54, 1.807) is 31.1 Å². The minimum Gasteiger partial charge on any atom is -0.378 e. The number of amides is 6. The van der Waals surface area contributed by atoms with E-state index in [9.17, 15) is 33.2 Å². The zero-order chi connectivity index (χ0) is 90.5. The number of para-hydroxylation sites is 4. The first-order valence-corrected chi connectivity index (χ1v) is 47.8. The van der Waals surface area contributed by atoms with E-state index in [1.165, 1.54) is 42.8 Å². The molecule has 130 heavy (non-hydrogen) atoms. The van der Waals surface area contributed by atoms with Gasteiger partial charge >= 0.3 is 0 Å². The van der Waals surface area contributed by atoms with Gasteiger partial charge < -0.3 is 62.2 Å². The standard InChI is InChI=1S/C28H32ClN3O2.C28H32FN3O.C27H30ClN3O2.C24H26ClN3O2/c1-2-24-7-5-15-31(24)27(33)21-13-16-30(17-14-21)28(34)26-18-22-6-3-4-8-25(22)32(26)19-20-9-11-23(29)12-10-20;1-21(30-15-5-2-6-16-30)23-13-17-31(18-14-23)28(33)27-19-24-7-3-4-8-26(24)32(27)20-22-9-11-25(29)12-10-22;1-20(29-14-16-33-17-15-29)22-10-12-30(13-11-22)27(32)26-18-23-4-2-3-5-25(23)31(26)19-21-6-8-24(28)9-7-21;1-26(2)23(29)18-11-13-27(14-12-18)24(30)22-15-19-5-3-4-6-21(19)28(22)16-17-7-9-20(25)10-8-17/h3-4,6,8-12,18,21,24H,2,5,7,13-17,19H2,1H3;3-4,7-12,19,23H,1-2,5-6,13-18,20H2;2-9,18,22H,1,10-17,19H2;3-10,15,18H,11-14,16H2,1-2H3/t24-;;;/m1.../s1. The summed E-state index contributed by atoms with van der Waals surface area (Å²) in [5.74, 6) is 1.41. The molecule has 1 atom stereocenters. The Hall–Kier alpha value is -11.4. The maximum Gasteiger partial charge on any atom is 0.270 e. The molecule has 19 nitrogen and oxygen atoms in total. The molecule has 7 aliphatic heterocycles. The number of hydrogen-bond donors (Lipinski definition) is 0. The van der Waals surface area contributed by atoms with Gasteiger partial charge in [-0.3, -0.25) is 28.8 Å². The molecule has 678 valence electrons. The second-order valence-electron chi connectivity index (χ2n) is 36.1. The first kappa shape index (κ1) is 91.9. The monoisotopic (exact) mass is 1810 g/mol. The quantitative estimate of drug-likeness (QED) is 0.0768. The van der Waals surface area contributed by atoms with Crippen LogP contribution < -0.4 is 0 Å². The summed E-state index contributed by atoms with van der Waals surface area (Å²) in [7, 11) is 3.57. The molecular weight excluding hydrogens is 1690 g/mol. The third-order valence-electron chi connectivity index (χ3n) is 27.7. The Bertz CT molecular complexity index is 5790. The van der Waals surface area contributed by atoms with Crippen LogP contribution in [-0.4, -0.2) is 211 Å². The molecule has 7 fully saturated rings. The summed E-state index contributed by atoms with van der Waals surface area (Å²) in [6, 6.07) is 70.7. The number of hydrogen-bond acceptors (Lipinski definition) is 9. The highest BCUT2D eigenvalue weighted by Crippen LogP contribution is 2.36. The molecule has 0 bridgehead atoms. The summed E-state index contributed by atoms with van der Waals surface area (Å²) in [5.41, 5.74) is 13.8. The summed E-state index contributed by atoms with van der Waals surface area (Å²) in [4.78, 5) is 96.1. The van der Waals surface area contributed by atoms with Crippen LogP contribution in [0.5, 0.6) is 0 Å². The summed E-state index contributed by atoms with van der Waals surface area (Å²) >= 11 is 18.2. The van der Waals surface area contributed by atoms with Crippen molar-refractivity contribution in [3.63, 3.8) is 0 Å². The van der Waals surface area contributed by atoms with Gasteiger partial charge in [-0.1, -0.05) is 176 Å². The predicted octanol–water partition coefficient (Wildman–Crippen LogP) is 20.6. The van der Waals surface area contributed by atoms with E-state index in [4.69, 9.17) is 39.5 Å². The Kier molecular flexibility index (Phi) is 30.1. The lowest BCUT2D eigenvalue weighted by atomic mass is 9.92. The molecule has 0 unspecified atom stereocenters. The van der Waals surface area contributed by atoms with Crippen LogP contribution in [0.15, 0.2) is 243 Å². The highest BCUT2D eigenvalue weighted by atomic mass is 35.5. The van der Waals surface area contributed by atoms with E-state index >= 15 is 0 Å². The number of halogens is 4. The smallest absolute Gasteiger partial charge is 0.270 e. The van der Waals surface area contributed by atoms with E-state index in [0.29, 0.717) is 121 Å². The van der Waals surface area contributed by atoms with Crippen molar-refractivity contribution >= 4 is 114 Å². The van der Waals surface area contributed by atoms with Crippen LogP contribution in [-0.2, 0) is 40.5 Å². The van der Waals surface area contributed by atoms with Crippen molar-refractivity contribution in [2.24, 2.45) is 23.7 Å². The topological polar surface area (TPSA) is 157 Å². The number of carbonyl (C=O) groups excluding carboxylic acids is 6. The Balaban J connectivity index is 0.000000127. The van der Waals surface area contributed by atoms with Gasteiger partial charge in [0.1, 0.15) is 28.6 Å². The number of benzene rings is 8. The summed E-state index contributed by atoms with van der Waals surface area (Å²) in [6.07, 6.45) is 13.9. The molecule has 0 spiro atoms. The fourth-order valence-electron chi connectivity index (χ4n) is 20.2. The number of carbonyl (C=O) groups is 6. The molecular formula is C107H120Cl3FN12O7. The highest BCUT2D eigenvalue weighted by Gasteiger charge is 2.38. The largest absolute Gasteiger partial charge is 0.378 e. The van der Waals surface area contributed by atoms with Crippen molar-refractivity contribution in [2.75, 3.05) is 112 Å². The number of nitrogens with zero attached hydrogens (tertiary/aromatic N) is 12. The molecule has 4 aromatic heterocycles. The van der Waals surface area contributed by atoms with Crippen LogP contribution in [0.25, 0.3) is 43.6 Å². The Morgan fingerprint density at radius 3 is 0.977 bits per heavy atom. The van der Waals surface area contributed by atoms with Crippen molar-refractivity contribution in [1.82, 2.24) is 57.5 Å². The fourth-order valence-corrected chi connectivity index (χ4v) is 20.5. The first-order chi connectivity index (χ1) is 63.2. The van der Waals surface area contributed by atoms with Gasteiger partial charge in [-0.2, -0.15) is 0 Å². The maximum absolute atomic E-state index is 13.7. The van der Waals surface area contributed by atoms with Crippen molar-refractivity contribution < 1.29 is 37.9 Å². The fraction of sp³-hybridized carbons (Fsp3) is 0.383. The third-order valence-corrected chi connectivity index (χ3v) is 28.4. The van der Waals surface area contributed by atoms with E-state index in [2.05, 4.69) is 77.3 Å². The van der Waals surface area contributed by atoms with Gasteiger partial charge in [0.15, 0.2) is 0 Å². The molecule has 0 aliphatic carbocycles. The molecule has 7 aliphatic rings. The third kappa shape index (κ3) is 21.6. The lowest BCUT2D eigenvalue weighted by Gasteiger charge is -2.38. The number of ether oxygens (including phenoxy) is 1. The zero-order valence-electron chi connectivity index (χ0n) is 75.2. The summed E-state index contributed by atoms with van der Waals surface area (Å²) < 4.78 is 27.3. The number of allylic oxidation sites excluding steroid dienone is 2. The number of piperidine rings is 5. The number of morpholine rings is 1. The molecule has 19 rings (SSSR count). The van der Waals surface area contributed by atoms with E-state index in [-0.39, 0.29) is 47.2 Å². The maximum atomic E-state index is 13.7. The van der Waals surface area contributed by atoms with Gasteiger partial charge in [-0.05, 0) is 209 Å². The van der Waals surface area contributed by atoms with E-state index in [0.717, 1.165) is 201 Å². The second-order valence-corrected chi connectivity index (χ2v) is 37.4. The van der Waals surface area contributed by atoms with Gasteiger partial charge in [0.25, 0.3) is 23.6 Å². The van der Waals surface area contributed by atoms with Gasteiger partial charge in [-0.15, -0.1) is 0 Å². The SMILES string of the molecule is C=C(C1CCN(C(=O)c2cc3ccccc3n2Cc2ccc(Cl)cc2)CC1)N1CCOCC1.C=C(C1CCN(C(=O)c2cc3ccccc3n2Cc2ccc(F)cc2)CC1)N1CCCCC1.CC[C@@H]1CCCN1C(=O)C1CCN(C(=O)c2cc3ccccc3n2Cc2ccc(Cl)cc2)CC1.CN(C)C(=O)C1CCN(C(=O)c2cc3ccccc3n2Cc2ccc(Cl)cc2)CC1. The number of rotatable bonds is 19. The van der Waals surface area contributed by atoms with E-state index in [1.807, 2.05) is 189 Å². The molecule has 0 N–H and O–H groups in total. The predicted molar refractivity (Wildman–Crippen MR) is 519 cm³/mol. The lowest BCUT2D eigenvalue weighted by Crippen LogP contribution is -2.46. The summed E-state index contributed by atoms with van der Waals surface area (Å²) in [5, 5.41) is 6.37. The molecule has 11 heterocycles. The Labute approximate surface area is 778 Å². The van der Waals surface area contributed by atoms with Crippen molar-refractivity contribution in [3.05, 3.63) is 309 Å². The molecule has 0 saturated carbocycles. The molecule has 0 radical (unpaired) electrons. The minimum absolute atomic E-state index is 0.00368. The van der Waals surface area contributed by atoms with Crippen LogP contribution in [0.4, 0.5) is 4.39 Å². The van der Waals surface area contributed by atoms with Crippen LogP contribution in [0.2, 0.25) is 15.1 Å². The summed E-state index contributed by atoms with van der Waals surface area (Å²) in [6.45, 7) is 25.4. The molecule has 8 aromatic carbocycles. The highest BCUT2D eigenvalue weighted by molar-refractivity contribution is 6.31. The molecule has 7 saturated heterocycles. The van der Waals surface area contributed by atoms with Gasteiger partial charge in [0.2, 0.25) is 11.8 Å². The van der Waals surface area contributed by atoms with Crippen LogP contribution >= 0.6 is 34.8 Å². The Morgan fingerprint density at radius 2 is 0.654 bits per heavy atom. The van der Waals surface area contributed by atoms with Gasteiger partial charge in [0, 0.05) is 225 Å². The second kappa shape index (κ2) is 42.6. The van der Waals surface area contributed by atoms with Crippen LogP contribution in [0, 0.1) is 29.5 Å². The van der Waals surface area contributed by atoms with Crippen molar-refractivity contribution in [2.45, 2.75) is 129 Å².